The molecule has 0 spiro atoms. The van der Waals surface area contributed by atoms with Crippen molar-refractivity contribution in [2.45, 2.75) is 46.1 Å². The average molecular weight is 324 g/mol. The number of hydrogen-bond acceptors (Lipinski definition) is 4. The van der Waals surface area contributed by atoms with Gasteiger partial charge in [-0.05, 0) is 43.7 Å². The smallest absolute Gasteiger partial charge is 0.261 e. The second-order valence-corrected chi connectivity index (χ2v) is 7.42. The number of rotatable bonds is 7. The number of nitrogens with one attached hydrogen (secondary N) is 2. The van der Waals surface area contributed by atoms with Crippen LogP contribution in [0.15, 0.2) is 6.07 Å². The van der Waals surface area contributed by atoms with Crippen molar-refractivity contribution in [3.63, 3.8) is 0 Å². The lowest BCUT2D eigenvalue weighted by Gasteiger charge is -2.17. The Hall–Kier alpha value is -1.40. The first-order chi connectivity index (χ1) is 10.4. The van der Waals surface area contributed by atoms with Crippen molar-refractivity contribution in [3.8, 4) is 0 Å². The van der Waals surface area contributed by atoms with Crippen LogP contribution in [-0.4, -0.2) is 29.6 Å². The number of amides is 2. The van der Waals surface area contributed by atoms with E-state index >= 15 is 0 Å². The van der Waals surface area contributed by atoms with Gasteiger partial charge in [0, 0.05) is 5.92 Å². The molecule has 0 bridgehead atoms. The second-order valence-electron chi connectivity index (χ2n) is 6.37. The predicted molar refractivity (Wildman–Crippen MR) is 88.2 cm³/mol. The van der Waals surface area contributed by atoms with Gasteiger partial charge in [0.2, 0.25) is 5.91 Å². The van der Waals surface area contributed by atoms with Crippen molar-refractivity contribution in [2.24, 2.45) is 11.8 Å². The molecule has 1 atom stereocenters. The Morgan fingerprint density at radius 3 is 2.64 bits per heavy atom. The summed E-state index contributed by atoms with van der Waals surface area (Å²) in [7, 11) is 0. The van der Waals surface area contributed by atoms with E-state index in [-0.39, 0.29) is 30.4 Å². The number of aryl methyl sites for hydroxylation is 1. The topological polar surface area (TPSA) is 78.4 Å². The molecule has 0 radical (unpaired) electrons. The van der Waals surface area contributed by atoms with E-state index < -0.39 is 0 Å². The Balaban J connectivity index is 1.99. The summed E-state index contributed by atoms with van der Waals surface area (Å²) in [4.78, 5) is 24.7. The fraction of sp³-hybridized carbons (Fsp3) is 0.625. The second kappa shape index (κ2) is 7.24. The fourth-order valence-corrected chi connectivity index (χ4v) is 3.32. The van der Waals surface area contributed by atoms with Crippen LogP contribution in [0.4, 0.5) is 5.00 Å². The average Bonchev–Trinajstić information content (AvgIpc) is 3.22. The van der Waals surface area contributed by atoms with E-state index in [4.69, 9.17) is 0 Å². The Morgan fingerprint density at radius 1 is 1.41 bits per heavy atom. The maximum atomic E-state index is 12.3. The van der Waals surface area contributed by atoms with Gasteiger partial charge in [-0.3, -0.25) is 9.59 Å². The van der Waals surface area contributed by atoms with Crippen molar-refractivity contribution in [2.75, 3.05) is 11.9 Å². The molecule has 1 saturated carbocycles. The Morgan fingerprint density at radius 2 is 2.09 bits per heavy atom. The molecule has 6 heteroatoms. The number of hydrogen-bond donors (Lipinski definition) is 3. The zero-order valence-corrected chi connectivity index (χ0v) is 14.1. The van der Waals surface area contributed by atoms with E-state index in [1.54, 1.807) is 0 Å². The summed E-state index contributed by atoms with van der Waals surface area (Å²) < 4.78 is 0. The monoisotopic (exact) mass is 324 g/mol. The zero-order valence-electron chi connectivity index (χ0n) is 13.3. The molecule has 1 aromatic rings. The number of carbonyl (C=O) groups is 2. The molecule has 1 aliphatic carbocycles. The van der Waals surface area contributed by atoms with Gasteiger partial charge in [0.15, 0.2) is 0 Å². The highest BCUT2D eigenvalue weighted by molar-refractivity contribution is 7.18. The molecule has 122 valence electrons. The largest absolute Gasteiger partial charge is 0.394 e. The van der Waals surface area contributed by atoms with E-state index in [0.29, 0.717) is 15.8 Å². The first kappa shape index (κ1) is 17.0. The maximum absolute atomic E-state index is 12.3. The van der Waals surface area contributed by atoms with E-state index in [0.717, 1.165) is 24.8 Å². The minimum absolute atomic E-state index is 0.0428. The number of aliphatic hydroxyl groups is 1. The van der Waals surface area contributed by atoms with Gasteiger partial charge in [-0.2, -0.15) is 0 Å². The van der Waals surface area contributed by atoms with Crippen LogP contribution in [0, 0.1) is 18.8 Å². The summed E-state index contributed by atoms with van der Waals surface area (Å²) in [6, 6.07) is 1.59. The molecule has 1 unspecified atom stereocenters. The standard InChI is InChI=1S/C16H24N2O3S/c1-9(2)6-12(8-19)17-16(21)14-10(3)7-13(22-14)18-15(20)11-4-5-11/h7,9,11-12,19H,4-6,8H2,1-3H3,(H,17,21)(H,18,20). The minimum atomic E-state index is -0.237. The SMILES string of the molecule is Cc1cc(NC(=O)C2CC2)sc1C(=O)NC(CO)CC(C)C. The number of thiophene rings is 1. The Labute approximate surface area is 135 Å². The Kier molecular flexibility index (Phi) is 5.58. The predicted octanol–water partition coefficient (Wildman–Crippen LogP) is 2.54. The molecule has 3 N–H and O–H groups in total. The van der Waals surface area contributed by atoms with Gasteiger partial charge in [0.05, 0.1) is 22.5 Å². The summed E-state index contributed by atoms with van der Waals surface area (Å²) in [5, 5.41) is 15.8. The maximum Gasteiger partial charge on any atom is 0.261 e. The highest BCUT2D eigenvalue weighted by atomic mass is 32.1. The molecule has 1 aliphatic rings. The van der Waals surface area contributed by atoms with Crippen molar-refractivity contribution >= 4 is 28.2 Å². The Bertz CT molecular complexity index is 550. The molecule has 1 fully saturated rings. The molecule has 2 amide bonds. The van der Waals surface area contributed by atoms with Gasteiger partial charge >= 0.3 is 0 Å². The first-order valence-corrected chi connectivity index (χ1v) is 8.55. The van der Waals surface area contributed by atoms with Gasteiger partial charge in [-0.15, -0.1) is 11.3 Å². The van der Waals surface area contributed by atoms with Crippen LogP contribution < -0.4 is 10.6 Å². The minimum Gasteiger partial charge on any atom is -0.394 e. The summed E-state index contributed by atoms with van der Waals surface area (Å²) >= 11 is 1.29. The molecule has 22 heavy (non-hydrogen) atoms. The van der Waals surface area contributed by atoms with Gasteiger partial charge in [0.25, 0.3) is 5.91 Å². The number of carbonyl (C=O) groups excluding carboxylic acids is 2. The van der Waals surface area contributed by atoms with Crippen LogP contribution in [0.1, 0.15) is 48.3 Å². The highest BCUT2D eigenvalue weighted by Gasteiger charge is 2.30. The lowest BCUT2D eigenvalue weighted by atomic mass is 10.0. The highest BCUT2D eigenvalue weighted by Crippen LogP contribution is 2.32. The van der Waals surface area contributed by atoms with Crippen LogP contribution >= 0.6 is 11.3 Å². The molecule has 0 saturated heterocycles. The van der Waals surface area contributed by atoms with Crippen LogP contribution in [0.2, 0.25) is 0 Å². The van der Waals surface area contributed by atoms with Gasteiger partial charge in [0.1, 0.15) is 0 Å². The van der Waals surface area contributed by atoms with Crippen molar-refractivity contribution < 1.29 is 14.7 Å². The van der Waals surface area contributed by atoms with E-state index in [2.05, 4.69) is 24.5 Å². The molecule has 1 heterocycles. The van der Waals surface area contributed by atoms with Crippen molar-refractivity contribution in [1.82, 2.24) is 5.32 Å². The van der Waals surface area contributed by atoms with E-state index in [1.807, 2.05) is 13.0 Å². The summed E-state index contributed by atoms with van der Waals surface area (Å²) in [6.45, 7) is 5.89. The lowest BCUT2D eigenvalue weighted by Crippen LogP contribution is -2.38. The molecule has 0 aliphatic heterocycles. The summed E-state index contributed by atoms with van der Waals surface area (Å²) in [5.41, 5.74) is 0.842. The number of aliphatic hydroxyl groups excluding tert-OH is 1. The van der Waals surface area contributed by atoms with Crippen molar-refractivity contribution in [1.29, 1.82) is 0 Å². The zero-order chi connectivity index (χ0) is 16.3. The summed E-state index contributed by atoms with van der Waals surface area (Å²) in [6.07, 6.45) is 2.64. The normalized spacial score (nSPS) is 15.7. The van der Waals surface area contributed by atoms with Gasteiger partial charge in [-0.25, -0.2) is 0 Å². The number of anilines is 1. The third-order valence-electron chi connectivity index (χ3n) is 3.63. The fourth-order valence-electron chi connectivity index (χ4n) is 2.34. The van der Waals surface area contributed by atoms with Crippen LogP contribution in [-0.2, 0) is 4.79 Å². The summed E-state index contributed by atoms with van der Waals surface area (Å²) in [5.74, 6) is 0.398. The molecule has 0 aromatic carbocycles. The molecule has 2 rings (SSSR count). The van der Waals surface area contributed by atoms with Crippen LogP contribution in [0.3, 0.4) is 0 Å². The van der Waals surface area contributed by atoms with E-state index in [1.165, 1.54) is 11.3 Å². The van der Waals surface area contributed by atoms with Crippen molar-refractivity contribution in [3.05, 3.63) is 16.5 Å². The molecular weight excluding hydrogens is 300 g/mol. The first-order valence-electron chi connectivity index (χ1n) is 7.73. The van der Waals surface area contributed by atoms with Crippen LogP contribution in [0.5, 0.6) is 0 Å². The molecule has 5 nitrogen and oxygen atoms in total. The third kappa shape index (κ3) is 4.55. The molecule has 1 aromatic heterocycles. The van der Waals surface area contributed by atoms with Gasteiger partial charge < -0.3 is 15.7 Å². The third-order valence-corrected chi connectivity index (χ3v) is 4.78. The molecular formula is C16H24N2O3S. The van der Waals surface area contributed by atoms with E-state index in [9.17, 15) is 14.7 Å². The van der Waals surface area contributed by atoms with Crippen LogP contribution in [0.25, 0.3) is 0 Å². The van der Waals surface area contributed by atoms with Gasteiger partial charge in [-0.1, -0.05) is 13.8 Å². The lowest BCUT2D eigenvalue weighted by molar-refractivity contribution is -0.117. The quantitative estimate of drug-likeness (QED) is 0.721.